The average molecular weight is 200 g/mol. The molecule has 0 radical (unpaired) electrons. The van der Waals surface area contributed by atoms with Crippen LogP contribution < -0.4 is 5.32 Å². The highest BCUT2D eigenvalue weighted by Crippen LogP contribution is 2.23. The number of nitrogens with one attached hydrogen (secondary N) is 1. The second kappa shape index (κ2) is 6.38. The summed E-state index contributed by atoms with van der Waals surface area (Å²) in [5.41, 5.74) is 0. The first-order valence-corrected chi connectivity index (χ1v) is 5.83. The molecule has 0 bridgehead atoms. The van der Waals surface area contributed by atoms with E-state index in [1.165, 1.54) is 19.3 Å². The third-order valence-corrected chi connectivity index (χ3v) is 3.00. The van der Waals surface area contributed by atoms with Crippen LogP contribution in [0.5, 0.6) is 0 Å². The lowest BCUT2D eigenvalue weighted by atomic mass is 9.92. The van der Waals surface area contributed by atoms with E-state index >= 15 is 0 Å². The molecule has 1 unspecified atom stereocenters. The van der Waals surface area contributed by atoms with E-state index in [9.17, 15) is 5.11 Å². The largest absolute Gasteiger partial charge is 0.390 e. The Labute approximate surface area is 87.5 Å². The van der Waals surface area contributed by atoms with Gasteiger partial charge in [0.05, 0.1) is 6.10 Å². The van der Waals surface area contributed by atoms with Crippen LogP contribution in [0.15, 0.2) is 0 Å². The molecule has 3 heteroatoms. The van der Waals surface area contributed by atoms with Crippen molar-refractivity contribution in [3.63, 3.8) is 0 Å². The van der Waals surface area contributed by atoms with E-state index in [2.05, 4.69) is 24.2 Å². The summed E-state index contributed by atoms with van der Waals surface area (Å²) >= 11 is 0. The van der Waals surface area contributed by atoms with E-state index in [1.54, 1.807) is 0 Å². The lowest BCUT2D eigenvalue weighted by Gasteiger charge is -2.35. The third kappa shape index (κ3) is 3.95. The van der Waals surface area contributed by atoms with Gasteiger partial charge in [0.2, 0.25) is 0 Å². The molecule has 3 nitrogen and oxygen atoms in total. The van der Waals surface area contributed by atoms with Gasteiger partial charge >= 0.3 is 0 Å². The van der Waals surface area contributed by atoms with Gasteiger partial charge in [-0.15, -0.1) is 0 Å². The molecule has 0 heterocycles. The van der Waals surface area contributed by atoms with Crippen LogP contribution in [-0.4, -0.2) is 48.8 Å². The van der Waals surface area contributed by atoms with Crippen molar-refractivity contribution in [3.05, 3.63) is 0 Å². The summed E-state index contributed by atoms with van der Waals surface area (Å²) in [5.74, 6) is 0. The minimum Gasteiger partial charge on any atom is -0.390 e. The van der Waals surface area contributed by atoms with Gasteiger partial charge in [-0.3, -0.25) is 0 Å². The Bertz CT molecular complexity index is 148. The van der Waals surface area contributed by atoms with Crippen molar-refractivity contribution in [2.45, 2.75) is 44.8 Å². The summed E-state index contributed by atoms with van der Waals surface area (Å²) in [4.78, 5) is 2.29. The quantitative estimate of drug-likeness (QED) is 0.598. The van der Waals surface area contributed by atoms with Gasteiger partial charge < -0.3 is 15.3 Å². The van der Waals surface area contributed by atoms with Crippen molar-refractivity contribution in [3.8, 4) is 0 Å². The molecular formula is C11H24N2O. The number of hydrogen-bond acceptors (Lipinski definition) is 3. The summed E-state index contributed by atoms with van der Waals surface area (Å²) in [7, 11) is 2.12. The third-order valence-electron chi connectivity index (χ3n) is 3.00. The number of rotatable bonds is 7. The fourth-order valence-electron chi connectivity index (χ4n) is 1.82. The number of nitrogens with zero attached hydrogens (tertiary/aromatic N) is 1. The van der Waals surface area contributed by atoms with Gasteiger partial charge in [-0.1, -0.05) is 13.3 Å². The Morgan fingerprint density at radius 1 is 1.50 bits per heavy atom. The van der Waals surface area contributed by atoms with Crippen LogP contribution in [0.1, 0.15) is 32.6 Å². The predicted molar refractivity (Wildman–Crippen MR) is 59.4 cm³/mol. The zero-order chi connectivity index (χ0) is 10.4. The van der Waals surface area contributed by atoms with Crippen molar-refractivity contribution in [1.82, 2.24) is 10.2 Å². The molecule has 1 atom stereocenters. The van der Waals surface area contributed by atoms with Crippen LogP contribution in [0.2, 0.25) is 0 Å². The van der Waals surface area contributed by atoms with Gasteiger partial charge in [-0.25, -0.2) is 0 Å². The maximum absolute atomic E-state index is 9.71. The fraction of sp³-hybridized carbons (Fsp3) is 1.00. The SMILES string of the molecule is CCCNCC(O)CN(C)C1CCC1. The molecule has 14 heavy (non-hydrogen) atoms. The summed E-state index contributed by atoms with van der Waals surface area (Å²) in [6.07, 6.45) is 4.90. The number of aliphatic hydroxyl groups is 1. The van der Waals surface area contributed by atoms with Crippen LogP contribution in [0, 0.1) is 0 Å². The molecule has 0 saturated heterocycles. The molecule has 1 aliphatic carbocycles. The lowest BCUT2D eigenvalue weighted by Crippen LogP contribution is -2.44. The van der Waals surface area contributed by atoms with Gasteiger partial charge in [0.25, 0.3) is 0 Å². The molecule has 0 aliphatic heterocycles. The van der Waals surface area contributed by atoms with Gasteiger partial charge in [-0.05, 0) is 32.9 Å². The Hall–Kier alpha value is -0.120. The molecule has 84 valence electrons. The van der Waals surface area contributed by atoms with Crippen LogP contribution in [-0.2, 0) is 0 Å². The number of aliphatic hydroxyl groups excluding tert-OH is 1. The second-order valence-corrected chi connectivity index (χ2v) is 4.38. The molecule has 1 fully saturated rings. The minimum atomic E-state index is -0.216. The number of likely N-dealkylation sites (N-methyl/N-ethyl adjacent to an activating group) is 1. The molecular weight excluding hydrogens is 176 g/mol. The maximum atomic E-state index is 9.71. The van der Waals surface area contributed by atoms with Crippen molar-refractivity contribution in [2.75, 3.05) is 26.7 Å². The van der Waals surface area contributed by atoms with Crippen molar-refractivity contribution >= 4 is 0 Å². The lowest BCUT2D eigenvalue weighted by molar-refractivity contribution is 0.0775. The molecule has 0 aromatic carbocycles. The van der Waals surface area contributed by atoms with Gasteiger partial charge in [-0.2, -0.15) is 0 Å². The standard InChI is InChI=1S/C11H24N2O/c1-3-7-12-8-11(14)9-13(2)10-5-4-6-10/h10-12,14H,3-9H2,1-2H3. The Morgan fingerprint density at radius 2 is 2.21 bits per heavy atom. The fourth-order valence-corrected chi connectivity index (χ4v) is 1.82. The van der Waals surface area contributed by atoms with Crippen molar-refractivity contribution < 1.29 is 5.11 Å². The van der Waals surface area contributed by atoms with Crippen molar-refractivity contribution in [1.29, 1.82) is 0 Å². The maximum Gasteiger partial charge on any atom is 0.0791 e. The first-order valence-electron chi connectivity index (χ1n) is 5.83. The molecule has 0 aromatic heterocycles. The van der Waals surface area contributed by atoms with Crippen LogP contribution >= 0.6 is 0 Å². The molecule has 1 aliphatic rings. The normalized spacial score (nSPS) is 19.7. The van der Waals surface area contributed by atoms with E-state index < -0.39 is 0 Å². The molecule has 0 amide bonds. The van der Waals surface area contributed by atoms with Gasteiger partial charge in [0.1, 0.15) is 0 Å². The van der Waals surface area contributed by atoms with Crippen LogP contribution in [0.3, 0.4) is 0 Å². The Kier molecular flexibility index (Phi) is 5.45. The predicted octanol–water partition coefficient (Wildman–Crippen LogP) is 0.831. The molecule has 1 rings (SSSR count). The molecule has 0 aromatic rings. The Balaban J connectivity index is 2.03. The second-order valence-electron chi connectivity index (χ2n) is 4.38. The first kappa shape index (κ1) is 12.0. The summed E-state index contributed by atoms with van der Waals surface area (Å²) in [6, 6.07) is 0.732. The molecule has 1 saturated carbocycles. The van der Waals surface area contributed by atoms with E-state index in [0.29, 0.717) is 0 Å². The summed E-state index contributed by atoms with van der Waals surface area (Å²) in [5, 5.41) is 12.9. The van der Waals surface area contributed by atoms with Gasteiger partial charge in [0, 0.05) is 19.1 Å². The molecule has 0 spiro atoms. The highest BCUT2D eigenvalue weighted by molar-refractivity contribution is 4.79. The van der Waals surface area contributed by atoms with E-state index in [4.69, 9.17) is 0 Å². The highest BCUT2D eigenvalue weighted by Gasteiger charge is 2.23. The zero-order valence-corrected chi connectivity index (χ0v) is 9.50. The number of hydrogen-bond donors (Lipinski definition) is 2. The van der Waals surface area contributed by atoms with Gasteiger partial charge in [0.15, 0.2) is 0 Å². The van der Waals surface area contributed by atoms with Crippen LogP contribution in [0.4, 0.5) is 0 Å². The average Bonchev–Trinajstić information content (AvgIpc) is 2.00. The topological polar surface area (TPSA) is 35.5 Å². The van der Waals surface area contributed by atoms with E-state index in [-0.39, 0.29) is 6.10 Å². The van der Waals surface area contributed by atoms with E-state index in [1.807, 2.05) is 0 Å². The molecule has 2 N–H and O–H groups in total. The smallest absolute Gasteiger partial charge is 0.0791 e. The summed E-state index contributed by atoms with van der Waals surface area (Å²) < 4.78 is 0. The minimum absolute atomic E-state index is 0.216. The van der Waals surface area contributed by atoms with Crippen LogP contribution in [0.25, 0.3) is 0 Å². The highest BCUT2D eigenvalue weighted by atomic mass is 16.3. The Morgan fingerprint density at radius 3 is 2.71 bits per heavy atom. The zero-order valence-electron chi connectivity index (χ0n) is 9.50. The summed E-state index contributed by atoms with van der Waals surface area (Å²) in [6.45, 7) is 4.68. The van der Waals surface area contributed by atoms with E-state index in [0.717, 1.165) is 32.1 Å². The monoisotopic (exact) mass is 200 g/mol. The van der Waals surface area contributed by atoms with Crippen molar-refractivity contribution in [2.24, 2.45) is 0 Å². The first-order chi connectivity index (χ1) is 6.74.